The Labute approximate surface area is 81.9 Å². The highest BCUT2D eigenvalue weighted by Crippen LogP contribution is 2.18. The number of carbonyl (C=O) groups is 1. The highest BCUT2D eigenvalue weighted by Gasteiger charge is 2.19. The second kappa shape index (κ2) is 4.28. The van der Waals surface area contributed by atoms with Gasteiger partial charge in [0.2, 0.25) is 5.91 Å². The summed E-state index contributed by atoms with van der Waals surface area (Å²) < 4.78 is 1.73. The Balaban J connectivity index is 2.73. The standard InChI is InChI=1S/C8H12ClN3O/c1-3-11-8(13)7(9)6-4-10-5-12(6)2/h4-5,7H,3H2,1-2H3,(H,11,13). The van der Waals surface area contributed by atoms with Crippen molar-refractivity contribution in [1.29, 1.82) is 0 Å². The van der Waals surface area contributed by atoms with Crippen LogP contribution in [0.15, 0.2) is 12.5 Å². The van der Waals surface area contributed by atoms with Gasteiger partial charge in [-0.15, -0.1) is 11.6 Å². The fourth-order valence-electron chi connectivity index (χ4n) is 1.01. The van der Waals surface area contributed by atoms with Gasteiger partial charge in [-0.2, -0.15) is 0 Å². The van der Waals surface area contributed by atoms with Gasteiger partial charge in [-0.1, -0.05) is 0 Å². The molecule has 1 N–H and O–H groups in total. The number of carbonyl (C=O) groups excluding carboxylic acids is 1. The van der Waals surface area contributed by atoms with Gasteiger partial charge in [0, 0.05) is 13.6 Å². The van der Waals surface area contributed by atoms with Crippen LogP contribution in [0.2, 0.25) is 0 Å². The number of hydrogen-bond donors (Lipinski definition) is 1. The topological polar surface area (TPSA) is 46.9 Å². The predicted octanol–water partition coefficient (Wildman–Crippen LogP) is 0.836. The molecule has 0 aliphatic rings. The molecule has 5 heteroatoms. The molecule has 0 spiro atoms. The lowest BCUT2D eigenvalue weighted by atomic mass is 10.3. The number of alkyl halides is 1. The van der Waals surface area contributed by atoms with Crippen molar-refractivity contribution in [2.75, 3.05) is 6.54 Å². The summed E-state index contributed by atoms with van der Waals surface area (Å²) in [6.07, 6.45) is 3.21. The lowest BCUT2D eigenvalue weighted by molar-refractivity contribution is -0.120. The first kappa shape index (κ1) is 10.1. The third-order valence-corrected chi connectivity index (χ3v) is 2.12. The number of aryl methyl sites for hydroxylation is 1. The average Bonchev–Trinajstić information content (AvgIpc) is 2.50. The van der Waals surface area contributed by atoms with Crippen molar-refractivity contribution < 1.29 is 4.79 Å². The van der Waals surface area contributed by atoms with E-state index in [1.54, 1.807) is 24.1 Å². The number of imidazole rings is 1. The normalized spacial score (nSPS) is 12.5. The van der Waals surface area contributed by atoms with E-state index in [-0.39, 0.29) is 5.91 Å². The number of amides is 1. The molecule has 1 amide bonds. The molecule has 1 heterocycles. The third-order valence-electron chi connectivity index (χ3n) is 1.69. The van der Waals surface area contributed by atoms with Crippen molar-refractivity contribution in [3.05, 3.63) is 18.2 Å². The quantitative estimate of drug-likeness (QED) is 0.737. The largest absolute Gasteiger partial charge is 0.355 e. The van der Waals surface area contributed by atoms with Crippen LogP contribution in [0.25, 0.3) is 0 Å². The molecule has 13 heavy (non-hydrogen) atoms. The van der Waals surface area contributed by atoms with Crippen LogP contribution < -0.4 is 5.32 Å². The predicted molar refractivity (Wildman–Crippen MR) is 50.5 cm³/mol. The van der Waals surface area contributed by atoms with Crippen molar-refractivity contribution in [3.63, 3.8) is 0 Å². The third kappa shape index (κ3) is 2.21. The van der Waals surface area contributed by atoms with E-state index < -0.39 is 5.38 Å². The Morgan fingerprint density at radius 2 is 2.54 bits per heavy atom. The summed E-state index contributed by atoms with van der Waals surface area (Å²) >= 11 is 5.91. The Morgan fingerprint density at radius 1 is 1.85 bits per heavy atom. The monoisotopic (exact) mass is 201 g/mol. The van der Waals surface area contributed by atoms with Crippen molar-refractivity contribution in [2.24, 2.45) is 7.05 Å². The summed E-state index contributed by atoms with van der Waals surface area (Å²) in [6.45, 7) is 2.44. The van der Waals surface area contributed by atoms with Gasteiger partial charge in [0.15, 0.2) is 5.38 Å². The van der Waals surface area contributed by atoms with Gasteiger partial charge in [0.25, 0.3) is 0 Å². The van der Waals surface area contributed by atoms with E-state index in [1.807, 2.05) is 6.92 Å². The molecule has 1 unspecified atom stereocenters. The lowest BCUT2D eigenvalue weighted by Crippen LogP contribution is -2.27. The van der Waals surface area contributed by atoms with E-state index >= 15 is 0 Å². The van der Waals surface area contributed by atoms with E-state index in [2.05, 4.69) is 10.3 Å². The van der Waals surface area contributed by atoms with Crippen LogP contribution in [0.1, 0.15) is 18.0 Å². The molecule has 0 fully saturated rings. The number of aromatic nitrogens is 2. The van der Waals surface area contributed by atoms with E-state index in [0.717, 1.165) is 0 Å². The van der Waals surface area contributed by atoms with Crippen molar-refractivity contribution in [2.45, 2.75) is 12.3 Å². The number of rotatable bonds is 3. The second-order valence-electron chi connectivity index (χ2n) is 2.69. The maximum absolute atomic E-state index is 11.3. The molecule has 0 radical (unpaired) electrons. The molecule has 0 aliphatic carbocycles. The lowest BCUT2D eigenvalue weighted by Gasteiger charge is -2.09. The SMILES string of the molecule is CCNC(=O)C(Cl)c1cncn1C. The first-order chi connectivity index (χ1) is 6.16. The Kier molecular flexibility index (Phi) is 3.31. The average molecular weight is 202 g/mol. The Morgan fingerprint density at radius 3 is 3.00 bits per heavy atom. The molecule has 1 atom stereocenters. The maximum Gasteiger partial charge on any atom is 0.244 e. The highest BCUT2D eigenvalue weighted by atomic mass is 35.5. The van der Waals surface area contributed by atoms with Crippen LogP contribution in [0.5, 0.6) is 0 Å². The first-order valence-corrected chi connectivity index (χ1v) is 4.48. The smallest absolute Gasteiger partial charge is 0.244 e. The minimum Gasteiger partial charge on any atom is -0.355 e. The first-order valence-electron chi connectivity index (χ1n) is 4.04. The number of nitrogens with one attached hydrogen (secondary N) is 1. The van der Waals surface area contributed by atoms with Crippen molar-refractivity contribution in [1.82, 2.24) is 14.9 Å². The molecule has 72 valence electrons. The van der Waals surface area contributed by atoms with E-state index in [4.69, 9.17) is 11.6 Å². The van der Waals surface area contributed by atoms with Crippen molar-refractivity contribution in [3.8, 4) is 0 Å². The van der Waals surface area contributed by atoms with Gasteiger partial charge in [-0.05, 0) is 6.92 Å². The summed E-state index contributed by atoms with van der Waals surface area (Å²) in [7, 11) is 1.80. The van der Waals surface area contributed by atoms with Gasteiger partial charge in [0.05, 0.1) is 18.2 Å². The van der Waals surface area contributed by atoms with Gasteiger partial charge < -0.3 is 9.88 Å². The van der Waals surface area contributed by atoms with Crippen LogP contribution in [0.4, 0.5) is 0 Å². The summed E-state index contributed by atoms with van der Waals surface area (Å²) in [5.41, 5.74) is 0.701. The number of hydrogen-bond acceptors (Lipinski definition) is 2. The molecule has 1 aromatic rings. The van der Waals surface area contributed by atoms with E-state index in [1.165, 1.54) is 0 Å². The number of likely N-dealkylation sites (N-methyl/N-ethyl adjacent to an activating group) is 1. The molecule has 0 saturated heterocycles. The van der Waals surface area contributed by atoms with Crippen LogP contribution in [-0.4, -0.2) is 22.0 Å². The Hall–Kier alpha value is -1.03. The maximum atomic E-state index is 11.3. The summed E-state index contributed by atoms with van der Waals surface area (Å²) in [6, 6.07) is 0. The minimum absolute atomic E-state index is 0.187. The van der Waals surface area contributed by atoms with Gasteiger partial charge in [-0.3, -0.25) is 4.79 Å². The van der Waals surface area contributed by atoms with Gasteiger partial charge >= 0.3 is 0 Å². The zero-order chi connectivity index (χ0) is 9.84. The molecule has 4 nitrogen and oxygen atoms in total. The summed E-state index contributed by atoms with van der Waals surface area (Å²) in [4.78, 5) is 15.2. The molecule has 1 rings (SSSR count). The zero-order valence-corrected chi connectivity index (χ0v) is 8.38. The second-order valence-corrected chi connectivity index (χ2v) is 3.12. The van der Waals surface area contributed by atoms with E-state index in [0.29, 0.717) is 12.2 Å². The molecule has 0 aromatic carbocycles. The molecular formula is C8H12ClN3O. The summed E-state index contributed by atoms with van der Waals surface area (Å²) in [5.74, 6) is -0.187. The molecule has 1 aromatic heterocycles. The fourth-order valence-corrected chi connectivity index (χ4v) is 1.30. The zero-order valence-electron chi connectivity index (χ0n) is 7.62. The molecule has 0 bridgehead atoms. The van der Waals surface area contributed by atoms with Crippen LogP contribution in [-0.2, 0) is 11.8 Å². The molecular weight excluding hydrogens is 190 g/mol. The molecule has 0 aliphatic heterocycles. The van der Waals surface area contributed by atoms with Crippen LogP contribution >= 0.6 is 11.6 Å². The van der Waals surface area contributed by atoms with Gasteiger partial charge in [-0.25, -0.2) is 4.98 Å². The van der Waals surface area contributed by atoms with E-state index in [9.17, 15) is 4.79 Å². The van der Waals surface area contributed by atoms with Crippen molar-refractivity contribution >= 4 is 17.5 Å². The van der Waals surface area contributed by atoms with Crippen LogP contribution in [0, 0.1) is 0 Å². The summed E-state index contributed by atoms with van der Waals surface area (Å²) in [5, 5.41) is 1.99. The number of halogens is 1. The minimum atomic E-state index is -0.660. The fraction of sp³-hybridized carbons (Fsp3) is 0.500. The van der Waals surface area contributed by atoms with Crippen LogP contribution in [0.3, 0.4) is 0 Å². The number of nitrogens with zero attached hydrogens (tertiary/aromatic N) is 2. The molecule has 0 saturated carbocycles. The van der Waals surface area contributed by atoms with Gasteiger partial charge in [0.1, 0.15) is 0 Å². The Bertz CT molecular complexity index is 297. The highest BCUT2D eigenvalue weighted by molar-refractivity contribution is 6.30.